The van der Waals surface area contributed by atoms with Crippen molar-refractivity contribution in [3.63, 3.8) is 0 Å². The molecule has 0 spiro atoms. The molecule has 0 amide bonds. The second-order valence-electron chi connectivity index (χ2n) is 5.88. The van der Waals surface area contributed by atoms with E-state index >= 15 is 0 Å². The number of halogens is 3. The van der Waals surface area contributed by atoms with E-state index < -0.39 is 11.9 Å². The Hall–Kier alpha value is -1.90. The van der Waals surface area contributed by atoms with Gasteiger partial charge in [0, 0.05) is 32.6 Å². The maximum Gasteiger partial charge on any atom is 0.434 e. The van der Waals surface area contributed by atoms with Crippen LogP contribution in [-0.2, 0) is 19.8 Å². The van der Waals surface area contributed by atoms with Gasteiger partial charge in [-0.2, -0.15) is 13.2 Å². The van der Waals surface area contributed by atoms with Crippen molar-refractivity contribution in [2.24, 2.45) is 7.05 Å². The monoisotopic (exact) mass is 329 g/mol. The fraction of sp³-hybridized carbons (Fsp3) is 0.643. The first kappa shape index (κ1) is 16.0. The summed E-state index contributed by atoms with van der Waals surface area (Å²) in [6.45, 7) is 3.72. The highest BCUT2D eigenvalue weighted by Crippen LogP contribution is 2.32. The van der Waals surface area contributed by atoms with Gasteiger partial charge in [0.1, 0.15) is 5.82 Å². The zero-order chi connectivity index (χ0) is 16.6. The third-order valence-electron chi connectivity index (χ3n) is 4.00. The van der Waals surface area contributed by atoms with Gasteiger partial charge in [-0.25, -0.2) is 4.98 Å². The van der Waals surface area contributed by atoms with Crippen LogP contribution in [0.2, 0.25) is 0 Å². The summed E-state index contributed by atoms with van der Waals surface area (Å²) in [6.07, 6.45) is -1.64. The second-order valence-corrected chi connectivity index (χ2v) is 5.88. The number of aryl methyl sites for hydroxylation is 2. The Kier molecular flexibility index (Phi) is 4.13. The van der Waals surface area contributed by atoms with Gasteiger partial charge in [0.05, 0.1) is 6.54 Å². The standard InChI is InChI=1S/C14H18F3N5O/c1-9-19-20-12(23-9)8-22-5-3-4-10(6-22)13-18-11(7-21(13)2)14(15,16)17/h7,10H,3-6,8H2,1-2H3/t10-/m1/s1. The summed E-state index contributed by atoms with van der Waals surface area (Å²) >= 11 is 0. The molecule has 2 aromatic heterocycles. The molecule has 0 radical (unpaired) electrons. The van der Waals surface area contributed by atoms with Crippen LogP contribution in [0, 0.1) is 6.92 Å². The fourth-order valence-electron chi connectivity index (χ4n) is 3.00. The molecule has 1 atom stereocenters. The number of alkyl halides is 3. The number of hydrogen-bond acceptors (Lipinski definition) is 5. The van der Waals surface area contributed by atoms with E-state index in [-0.39, 0.29) is 5.92 Å². The highest BCUT2D eigenvalue weighted by Gasteiger charge is 2.36. The summed E-state index contributed by atoms with van der Waals surface area (Å²) < 4.78 is 45.2. The van der Waals surface area contributed by atoms with Crippen molar-refractivity contribution in [2.75, 3.05) is 13.1 Å². The van der Waals surface area contributed by atoms with Crippen molar-refractivity contribution in [3.8, 4) is 0 Å². The molecular weight excluding hydrogens is 311 g/mol. The molecule has 0 saturated carbocycles. The van der Waals surface area contributed by atoms with E-state index in [0.29, 0.717) is 30.7 Å². The van der Waals surface area contributed by atoms with Gasteiger partial charge < -0.3 is 8.98 Å². The molecule has 0 unspecified atom stereocenters. The molecule has 3 heterocycles. The lowest BCUT2D eigenvalue weighted by Crippen LogP contribution is -2.34. The third kappa shape index (κ3) is 3.54. The van der Waals surface area contributed by atoms with E-state index in [0.717, 1.165) is 25.6 Å². The van der Waals surface area contributed by atoms with Crippen molar-refractivity contribution in [2.45, 2.75) is 38.4 Å². The number of imidazole rings is 1. The summed E-state index contributed by atoms with van der Waals surface area (Å²) in [6, 6.07) is 0. The number of rotatable bonds is 3. The zero-order valence-electron chi connectivity index (χ0n) is 13.0. The molecule has 1 aliphatic rings. The average molecular weight is 329 g/mol. The van der Waals surface area contributed by atoms with E-state index in [9.17, 15) is 13.2 Å². The van der Waals surface area contributed by atoms with Crippen LogP contribution >= 0.6 is 0 Å². The number of hydrogen-bond donors (Lipinski definition) is 0. The number of nitrogens with zero attached hydrogens (tertiary/aromatic N) is 5. The maximum absolute atomic E-state index is 12.8. The molecule has 1 aliphatic heterocycles. The predicted molar refractivity (Wildman–Crippen MR) is 74.5 cm³/mol. The zero-order valence-corrected chi connectivity index (χ0v) is 13.0. The van der Waals surface area contributed by atoms with Gasteiger partial charge in [-0.3, -0.25) is 4.90 Å². The SMILES string of the molecule is Cc1nnc(CN2CCC[C@@H](c3nc(C(F)(F)F)cn3C)C2)o1. The van der Waals surface area contributed by atoms with Crippen LogP contribution in [-0.4, -0.2) is 37.7 Å². The molecule has 6 nitrogen and oxygen atoms in total. The average Bonchev–Trinajstić information content (AvgIpc) is 3.05. The highest BCUT2D eigenvalue weighted by molar-refractivity contribution is 5.12. The van der Waals surface area contributed by atoms with Crippen LogP contribution in [0.3, 0.4) is 0 Å². The summed E-state index contributed by atoms with van der Waals surface area (Å²) in [5, 5.41) is 7.75. The highest BCUT2D eigenvalue weighted by atomic mass is 19.4. The largest absolute Gasteiger partial charge is 0.434 e. The van der Waals surface area contributed by atoms with Gasteiger partial charge in [-0.15, -0.1) is 10.2 Å². The van der Waals surface area contributed by atoms with Gasteiger partial charge in [-0.1, -0.05) is 0 Å². The van der Waals surface area contributed by atoms with Gasteiger partial charge in [-0.05, 0) is 19.4 Å². The van der Waals surface area contributed by atoms with Crippen molar-refractivity contribution < 1.29 is 17.6 Å². The minimum Gasteiger partial charge on any atom is -0.424 e. The fourth-order valence-corrected chi connectivity index (χ4v) is 3.00. The van der Waals surface area contributed by atoms with Crippen molar-refractivity contribution in [1.29, 1.82) is 0 Å². The number of likely N-dealkylation sites (tertiary alicyclic amines) is 1. The van der Waals surface area contributed by atoms with E-state index in [2.05, 4.69) is 20.1 Å². The van der Waals surface area contributed by atoms with Crippen LogP contribution in [0.5, 0.6) is 0 Å². The molecule has 2 aromatic rings. The molecule has 0 aromatic carbocycles. The predicted octanol–water partition coefficient (Wildman–Crippen LogP) is 2.51. The van der Waals surface area contributed by atoms with Gasteiger partial charge >= 0.3 is 6.18 Å². The third-order valence-corrected chi connectivity index (χ3v) is 4.00. The summed E-state index contributed by atoms with van der Waals surface area (Å²) in [5.74, 6) is 1.48. The molecule has 0 bridgehead atoms. The van der Waals surface area contributed by atoms with Crippen molar-refractivity contribution in [3.05, 3.63) is 29.5 Å². The first-order chi connectivity index (χ1) is 10.8. The van der Waals surface area contributed by atoms with Crippen LogP contribution in [0.15, 0.2) is 10.6 Å². The van der Waals surface area contributed by atoms with Gasteiger partial charge in [0.15, 0.2) is 5.69 Å². The summed E-state index contributed by atoms with van der Waals surface area (Å²) in [5.41, 5.74) is -0.834. The lowest BCUT2D eigenvalue weighted by molar-refractivity contribution is -0.141. The van der Waals surface area contributed by atoms with E-state index in [1.54, 1.807) is 14.0 Å². The number of piperidine rings is 1. The number of aromatic nitrogens is 4. The Morgan fingerprint density at radius 1 is 1.35 bits per heavy atom. The van der Waals surface area contributed by atoms with E-state index in [1.807, 2.05) is 0 Å². The van der Waals surface area contributed by atoms with Crippen LogP contribution in [0.4, 0.5) is 13.2 Å². The van der Waals surface area contributed by atoms with E-state index in [4.69, 9.17) is 4.42 Å². The van der Waals surface area contributed by atoms with Crippen LogP contribution in [0.25, 0.3) is 0 Å². The minimum absolute atomic E-state index is 0.0335. The summed E-state index contributed by atoms with van der Waals surface area (Å²) in [4.78, 5) is 5.92. The Balaban J connectivity index is 1.72. The first-order valence-corrected chi connectivity index (χ1v) is 7.44. The van der Waals surface area contributed by atoms with Crippen molar-refractivity contribution in [1.82, 2.24) is 24.6 Å². The molecule has 1 saturated heterocycles. The lowest BCUT2D eigenvalue weighted by Gasteiger charge is -2.31. The van der Waals surface area contributed by atoms with E-state index in [1.165, 1.54) is 4.57 Å². The molecule has 0 N–H and O–H groups in total. The second kappa shape index (κ2) is 5.95. The molecule has 0 aliphatic carbocycles. The summed E-state index contributed by atoms with van der Waals surface area (Å²) in [7, 11) is 1.61. The smallest absolute Gasteiger partial charge is 0.424 e. The van der Waals surface area contributed by atoms with Crippen molar-refractivity contribution >= 4 is 0 Å². The minimum atomic E-state index is -4.41. The molecule has 9 heteroatoms. The van der Waals surface area contributed by atoms with Crippen LogP contribution in [0.1, 0.15) is 42.1 Å². The van der Waals surface area contributed by atoms with Gasteiger partial charge in [0.2, 0.25) is 11.8 Å². The first-order valence-electron chi connectivity index (χ1n) is 7.44. The molecule has 1 fully saturated rings. The molecular formula is C14H18F3N5O. The molecule has 126 valence electrons. The molecule has 3 rings (SSSR count). The molecule has 23 heavy (non-hydrogen) atoms. The Morgan fingerprint density at radius 3 is 2.74 bits per heavy atom. The Labute approximate surface area is 131 Å². The Morgan fingerprint density at radius 2 is 2.13 bits per heavy atom. The maximum atomic E-state index is 12.8. The quantitative estimate of drug-likeness (QED) is 0.866. The topological polar surface area (TPSA) is 60.0 Å². The van der Waals surface area contributed by atoms with Crippen LogP contribution < -0.4 is 0 Å². The normalized spacial score (nSPS) is 20.1. The van der Waals surface area contributed by atoms with Gasteiger partial charge in [0.25, 0.3) is 0 Å². The lowest BCUT2D eigenvalue weighted by atomic mass is 9.97. The Bertz CT molecular complexity index is 678.